The Hall–Kier alpha value is -3.59. The van der Waals surface area contributed by atoms with Crippen LogP contribution in [0.25, 0.3) is 6.08 Å². The van der Waals surface area contributed by atoms with Crippen molar-refractivity contribution in [2.75, 3.05) is 18.5 Å². The number of nitrogens with one attached hydrogen (secondary N) is 1. The Bertz CT molecular complexity index is 894. The number of carbonyl (C=O) groups is 2. The summed E-state index contributed by atoms with van der Waals surface area (Å²) in [6.45, 7) is 4.94. The van der Waals surface area contributed by atoms with Crippen molar-refractivity contribution in [2.45, 2.75) is 26.7 Å². The second-order valence-corrected chi connectivity index (χ2v) is 6.25. The summed E-state index contributed by atoms with van der Waals surface area (Å²) < 4.78 is 10.6. The van der Waals surface area contributed by atoms with Crippen molar-refractivity contribution in [3.63, 3.8) is 0 Å². The molecule has 0 aliphatic rings. The van der Waals surface area contributed by atoms with E-state index in [4.69, 9.17) is 9.47 Å². The number of nitriles is 1. The first-order chi connectivity index (χ1) is 14.1. The van der Waals surface area contributed by atoms with Gasteiger partial charge in [-0.05, 0) is 60.9 Å². The third kappa shape index (κ3) is 6.82. The van der Waals surface area contributed by atoms with Gasteiger partial charge in [-0.1, -0.05) is 26.0 Å². The Labute approximate surface area is 170 Å². The SMILES string of the molecule is CCCOC(=O)c1ccc(NC(=O)/C(C#N)=C/c2ccc(OCCC)cc2)cc1. The van der Waals surface area contributed by atoms with E-state index in [2.05, 4.69) is 5.32 Å². The number of hydrogen-bond acceptors (Lipinski definition) is 5. The Morgan fingerprint density at radius 2 is 1.66 bits per heavy atom. The van der Waals surface area contributed by atoms with Gasteiger partial charge in [-0.2, -0.15) is 5.26 Å². The Morgan fingerprint density at radius 1 is 1.00 bits per heavy atom. The highest BCUT2D eigenvalue weighted by Crippen LogP contribution is 2.16. The van der Waals surface area contributed by atoms with Gasteiger partial charge in [-0.3, -0.25) is 4.79 Å². The molecule has 0 saturated heterocycles. The number of amides is 1. The molecule has 0 unspecified atom stereocenters. The number of nitrogens with zero attached hydrogens (tertiary/aromatic N) is 1. The Morgan fingerprint density at radius 3 is 2.24 bits per heavy atom. The highest BCUT2D eigenvalue weighted by Gasteiger charge is 2.11. The molecule has 0 radical (unpaired) electrons. The van der Waals surface area contributed by atoms with Crippen LogP contribution in [0.4, 0.5) is 5.69 Å². The molecule has 0 fully saturated rings. The minimum atomic E-state index is -0.528. The van der Waals surface area contributed by atoms with E-state index >= 15 is 0 Å². The van der Waals surface area contributed by atoms with Crippen molar-refractivity contribution in [3.05, 3.63) is 65.2 Å². The summed E-state index contributed by atoms with van der Waals surface area (Å²) >= 11 is 0. The van der Waals surface area contributed by atoms with Crippen molar-refractivity contribution in [2.24, 2.45) is 0 Å². The number of rotatable bonds is 9. The Balaban J connectivity index is 2.03. The highest BCUT2D eigenvalue weighted by molar-refractivity contribution is 6.09. The van der Waals surface area contributed by atoms with Crippen molar-refractivity contribution in [3.8, 4) is 11.8 Å². The number of anilines is 1. The first-order valence-corrected chi connectivity index (χ1v) is 9.50. The van der Waals surface area contributed by atoms with Crippen LogP contribution in [0.15, 0.2) is 54.1 Å². The zero-order valence-electron chi connectivity index (χ0n) is 16.6. The molecule has 0 bridgehead atoms. The topological polar surface area (TPSA) is 88.4 Å². The van der Waals surface area contributed by atoms with E-state index in [1.807, 2.05) is 19.9 Å². The van der Waals surface area contributed by atoms with E-state index in [0.717, 1.165) is 24.2 Å². The van der Waals surface area contributed by atoms with Crippen LogP contribution in [-0.2, 0) is 9.53 Å². The quantitative estimate of drug-likeness (QED) is 0.383. The van der Waals surface area contributed by atoms with Gasteiger partial charge in [0.2, 0.25) is 0 Å². The van der Waals surface area contributed by atoms with E-state index in [0.29, 0.717) is 24.5 Å². The van der Waals surface area contributed by atoms with E-state index in [9.17, 15) is 14.9 Å². The molecule has 29 heavy (non-hydrogen) atoms. The summed E-state index contributed by atoms with van der Waals surface area (Å²) in [4.78, 5) is 24.2. The summed E-state index contributed by atoms with van der Waals surface area (Å²) in [5.41, 5.74) is 1.57. The molecule has 0 aliphatic heterocycles. The maximum Gasteiger partial charge on any atom is 0.338 e. The van der Waals surface area contributed by atoms with Crippen LogP contribution in [-0.4, -0.2) is 25.1 Å². The molecular formula is C23H24N2O4. The van der Waals surface area contributed by atoms with Crippen LogP contribution >= 0.6 is 0 Å². The van der Waals surface area contributed by atoms with Crippen LogP contribution in [0.3, 0.4) is 0 Å². The molecule has 6 heteroatoms. The second kappa shape index (κ2) is 11.3. The van der Waals surface area contributed by atoms with E-state index < -0.39 is 11.9 Å². The molecule has 150 valence electrons. The second-order valence-electron chi connectivity index (χ2n) is 6.25. The van der Waals surface area contributed by atoms with Crippen LogP contribution in [0.1, 0.15) is 42.6 Å². The molecular weight excluding hydrogens is 368 g/mol. The molecule has 1 amide bonds. The van der Waals surface area contributed by atoms with Crippen molar-refractivity contribution in [1.82, 2.24) is 0 Å². The molecule has 1 N–H and O–H groups in total. The first-order valence-electron chi connectivity index (χ1n) is 9.50. The van der Waals surface area contributed by atoms with Gasteiger partial charge in [0.1, 0.15) is 17.4 Å². The first kappa shape index (κ1) is 21.7. The molecule has 0 spiro atoms. The van der Waals surface area contributed by atoms with Crippen LogP contribution in [0.2, 0.25) is 0 Å². The van der Waals surface area contributed by atoms with Gasteiger partial charge in [0.15, 0.2) is 0 Å². The number of benzene rings is 2. The zero-order valence-corrected chi connectivity index (χ0v) is 16.6. The standard InChI is InChI=1S/C23H24N2O4/c1-3-13-28-21-11-5-17(6-12-21)15-19(16-24)22(26)25-20-9-7-18(8-10-20)23(27)29-14-4-2/h5-12,15H,3-4,13-14H2,1-2H3,(H,25,26)/b19-15+. The molecule has 2 aromatic carbocycles. The molecule has 6 nitrogen and oxygen atoms in total. The van der Waals surface area contributed by atoms with Gasteiger partial charge in [-0.15, -0.1) is 0 Å². The maximum absolute atomic E-state index is 12.4. The number of ether oxygens (including phenoxy) is 2. The van der Waals surface area contributed by atoms with E-state index in [1.165, 1.54) is 6.08 Å². The third-order valence-corrected chi connectivity index (χ3v) is 3.84. The fourth-order valence-electron chi connectivity index (χ4n) is 2.36. The summed E-state index contributed by atoms with van der Waals surface area (Å²) in [6, 6.07) is 15.4. The minimum Gasteiger partial charge on any atom is -0.494 e. The fourth-order valence-corrected chi connectivity index (χ4v) is 2.36. The fraction of sp³-hybridized carbons (Fsp3) is 0.261. The largest absolute Gasteiger partial charge is 0.494 e. The summed E-state index contributed by atoms with van der Waals surface area (Å²) in [6.07, 6.45) is 3.17. The molecule has 2 rings (SSSR count). The molecule has 2 aromatic rings. The van der Waals surface area contributed by atoms with Gasteiger partial charge in [0.25, 0.3) is 5.91 Å². The summed E-state index contributed by atoms with van der Waals surface area (Å²) in [5.74, 6) is -0.196. The lowest BCUT2D eigenvalue weighted by atomic mass is 10.1. The lowest BCUT2D eigenvalue weighted by Gasteiger charge is -2.07. The maximum atomic E-state index is 12.4. The van der Waals surface area contributed by atoms with Crippen LogP contribution in [0.5, 0.6) is 5.75 Å². The zero-order chi connectivity index (χ0) is 21.1. The Kier molecular flexibility index (Phi) is 8.46. The van der Waals surface area contributed by atoms with Crippen molar-refractivity contribution in [1.29, 1.82) is 5.26 Å². The average Bonchev–Trinajstić information content (AvgIpc) is 2.75. The molecule has 0 saturated carbocycles. The number of esters is 1. The monoisotopic (exact) mass is 392 g/mol. The normalized spacial score (nSPS) is 10.7. The van der Waals surface area contributed by atoms with Crippen LogP contribution in [0, 0.1) is 11.3 Å². The predicted molar refractivity (Wildman–Crippen MR) is 111 cm³/mol. The van der Waals surface area contributed by atoms with Crippen molar-refractivity contribution >= 4 is 23.6 Å². The van der Waals surface area contributed by atoms with Gasteiger partial charge in [-0.25, -0.2) is 4.79 Å². The minimum absolute atomic E-state index is 0.0290. The lowest BCUT2D eigenvalue weighted by Crippen LogP contribution is -2.13. The highest BCUT2D eigenvalue weighted by atomic mass is 16.5. The molecule has 0 heterocycles. The summed E-state index contributed by atoms with van der Waals surface area (Å²) in [7, 11) is 0. The lowest BCUT2D eigenvalue weighted by molar-refractivity contribution is -0.112. The third-order valence-electron chi connectivity index (χ3n) is 3.84. The average molecular weight is 392 g/mol. The molecule has 0 aromatic heterocycles. The van der Waals surface area contributed by atoms with Crippen LogP contribution < -0.4 is 10.1 Å². The summed E-state index contributed by atoms with van der Waals surface area (Å²) in [5, 5.41) is 12.0. The molecule has 0 atom stereocenters. The molecule has 0 aliphatic carbocycles. The van der Waals surface area contributed by atoms with Gasteiger partial charge in [0, 0.05) is 5.69 Å². The van der Waals surface area contributed by atoms with Gasteiger partial charge >= 0.3 is 5.97 Å². The smallest absolute Gasteiger partial charge is 0.338 e. The number of carbonyl (C=O) groups excluding carboxylic acids is 2. The van der Waals surface area contributed by atoms with E-state index in [1.54, 1.807) is 48.5 Å². The van der Waals surface area contributed by atoms with Gasteiger partial charge < -0.3 is 14.8 Å². The van der Waals surface area contributed by atoms with Crippen molar-refractivity contribution < 1.29 is 19.1 Å². The number of hydrogen-bond donors (Lipinski definition) is 1. The van der Waals surface area contributed by atoms with Gasteiger partial charge in [0.05, 0.1) is 18.8 Å². The predicted octanol–water partition coefficient (Wildman–Crippen LogP) is 4.59. The van der Waals surface area contributed by atoms with E-state index in [-0.39, 0.29) is 5.57 Å².